The van der Waals surface area contributed by atoms with Gasteiger partial charge in [-0.25, -0.2) is 0 Å². The highest BCUT2D eigenvalue weighted by Gasteiger charge is 2.16. The third-order valence-corrected chi connectivity index (χ3v) is 3.67. The summed E-state index contributed by atoms with van der Waals surface area (Å²) in [6, 6.07) is 0. The van der Waals surface area contributed by atoms with Crippen LogP contribution in [0.3, 0.4) is 0 Å². The van der Waals surface area contributed by atoms with Crippen molar-refractivity contribution in [2.45, 2.75) is 40.0 Å². The topological polar surface area (TPSA) is 38.8 Å². The smallest absolute Gasteiger partial charge is 0.320 e. The zero-order valence-electron chi connectivity index (χ0n) is 12.0. The van der Waals surface area contributed by atoms with E-state index in [4.69, 9.17) is 9.47 Å². The normalized spacial score (nSPS) is 17.7. The van der Waals surface area contributed by atoms with E-state index in [1.54, 1.807) is 0 Å². The number of ether oxygens (including phenoxy) is 2. The Hall–Kier alpha value is -0.610. The number of carbonyl (C=O) groups is 1. The van der Waals surface area contributed by atoms with Crippen molar-refractivity contribution in [2.24, 2.45) is 5.41 Å². The van der Waals surface area contributed by atoms with E-state index < -0.39 is 0 Å². The predicted molar refractivity (Wildman–Crippen MR) is 71.5 cm³/mol. The van der Waals surface area contributed by atoms with E-state index in [1.807, 2.05) is 0 Å². The summed E-state index contributed by atoms with van der Waals surface area (Å²) in [5.41, 5.74) is 0.358. The monoisotopic (exact) mass is 257 g/mol. The number of esters is 1. The standard InChI is InChI=1S/C14H27NO3/c1-4-14(2,3)6-5-9-18-13(16)12-15-7-10-17-11-8-15/h4-12H2,1-3H3. The van der Waals surface area contributed by atoms with Gasteiger partial charge in [-0.2, -0.15) is 0 Å². The molecule has 0 unspecified atom stereocenters. The molecule has 1 saturated heterocycles. The second kappa shape index (κ2) is 7.74. The summed E-state index contributed by atoms with van der Waals surface area (Å²) in [7, 11) is 0. The van der Waals surface area contributed by atoms with Crippen LogP contribution in [-0.2, 0) is 14.3 Å². The highest BCUT2D eigenvalue weighted by atomic mass is 16.5. The molecule has 0 aliphatic carbocycles. The Balaban J connectivity index is 2.06. The molecular formula is C14H27NO3. The molecular weight excluding hydrogens is 230 g/mol. The molecule has 106 valence electrons. The van der Waals surface area contributed by atoms with E-state index in [0.29, 0.717) is 18.6 Å². The molecule has 0 saturated carbocycles. The minimum atomic E-state index is -0.105. The Morgan fingerprint density at radius 1 is 1.33 bits per heavy atom. The molecule has 1 heterocycles. The largest absolute Gasteiger partial charge is 0.465 e. The van der Waals surface area contributed by atoms with Gasteiger partial charge in [0, 0.05) is 13.1 Å². The van der Waals surface area contributed by atoms with Crippen LogP contribution in [0.1, 0.15) is 40.0 Å². The van der Waals surface area contributed by atoms with Gasteiger partial charge >= 0.3 is 5.97 Å². The van der Waals surface area contributed by atoms with E-state index >= 15 is 0 Å². The fraction of sp³-hybridized carbons (Fsp3) is 0.929. The van der Waals surface area contributed by atoms with Gasteiger partial charge in [0.1, 0.15) is 0 Å². The number of hydrogen-bond donors (Lipinski definition) is 0. The molecule has 0 aromatic rings. The molecule has 4 heteroatoms. The molecule has 4 nitrogen and oxygen atoms in total. The van der Waals surface area contributed by atoms with Crippen molar-refractivity contribution in [2.75, 3.05) is 39.5 Å². The van der Waals surface area contributed by atoms with Crippen molar-refractivity contribution >= 4 is 5.97 Å². The van der Waals surface area contributed by atoms with Crippen LogP contribution < -0.4 is 0 Å². The van der Waals surface area contributed by atoms with Crippen LogP contribution in [0.25, 0.3) is 0 Å². The van der Waals surface area contributed by atoms with Crippen molar-refractivity contribution in [3.63, 3.8) is 0 Å². The average molecular weight is 257 g/mol. The van der Waals surface area contributed by atoms with Gasteiger partial charge in [-0.05, 0) is 18.3 Å². The molecule has 1 rings (SSSR count). The zero-order valence-corrected chi connectivity index (χ0v) is 12.0. The molecule has 0 atom stereocenters. The number of carbonyl (C=O) groups excluding carboxylic acids is 1. The van der Waals surface area contributed by atoms with Gasteiger partial charge in [0.2, 0.25) is 0 Å². The Morgan fingerprint density at radius 3 is 2.61 bits per heavy atom. The maximum atomic E-state index is 11.6. The lowest BCUT2D eigenvalue weighted by molar-refractivity contribution is -0.146. The molecule has 0 spiro atoms. The van der Waals surface area contributed by atoms with Crippen LogP contribution in [0.4, 0.5) is 0 Å². The quantitative estimate of drug-likeness (QED) is 0.517. The molecule has 1 aliphatic rings. The lowest BCUT2D eigenvalue weighted by Gasteiger charge is -2.25. The molecule has 1 aliphatic heterocycles. The van der Waals surface area contributed by atoms with Gasteiger partial charge in [-0.1, -0.05) is 27.2 Å². The first kappa shape index (κ1) is 15.4. The molecule has 0 N–H and O–H groups in total. The van der Waals surface area contributed by atoms with Crippen LogP contribution in [0.15, 0.2) is 0 Å². The molecule has 18 heavy (non-hydrogen) atoms. The van der Waals surface area contributed by atoms with Gasteiger partial charge in [0.15, 0.2) is 0 Å². The number of rotatable bonds is 7. The minimum Gasteiger partial charge on any atom is -0.465 e. The van der Waals surface area contributed by atoms with E-state index in [-0.39, 0.29) is 5.97 Å². The van der Waals surface area contributed by atoms with Crippen molar-refractivity contribution in [1.29, 1.82) is 0 Å². The summed E-state index contributed by atoms with van der Waals surface area (Å²) in [4.78, 5) is 13.7. The molecule has 1 fully saturated rings. The van der Waals surface area contributed by atoms with E-state index in [9.17, 15) is 4.79 Å². The van der Waals surface area contributed by atoms with Crippen molar-refractivity contribution in [1.82, 2.24) is 4.90 Å². The lowest BCUT2D eigenvalue weighted by Crippen LogP contribution is -2.40. The van der Waals surface area contributed by atoms with Crippen molar-refractivity contribution < 1.29 is 14.3 Å². The van der Waals surface area contributed by atoms with E-state index in [0.717, 1.165) is 45.6 Å². The lowest BCUT2D eigenvalue weighted by atomic mass is 9.85. The Morgan fingerprint density at radius 2 is 2.00 bits per heavy atom. The third kappa shape index (κ3) is 6.36. The van der Waals surface area contributed by atoms with E-state index in [1.165, 1.54) is 0 Å². The fourth-order valence-electron chi connectivity index (χ4n) is 1.90. The second-order valence-electron chi connectivity index (χ2n) is 5.73. The van der Waals surface area contributed by atoms with Gasteiger partial charge in [0.05, 0.1) is 26.4 Å². The summed E-state index contributed by atoms with van der Waals surface area (Å²) >= 11 is 0. The second-order valence-corrected chi connectivity index (χ2v) is 5.73. The van der Waals surface area contributed by atoms with Crippen LogP contribution >= 0.6 is 0 Å². The van der Waals surface area contributed by atoms with Crippen molar-refractivity contribution in [3.05, 3.63) is 0 Å². The summed E-state index contributed by atoms with van der Waals surface area (Å²) in [6.45, 7) is 10.8. The summed E-state index contributed by atoms with van der Waals surface area (Å²) in [6.07, 6.45) is 3.22. The average Bonchev–Trinajstić information content (AvgIpc) is 2.36. The summed E-state index contributed by atoms with van der Waals surface area (Å²) in [5, 5.41) is 0. The molecule has 0 amide bonds. The first-order valence-electron chi connectivity index (χ1n) is 6.99. The molecule has 0 bridgehead atoms. The molecule has 0 aromatic carbocycles. The van der Waals surface area contributed by atoms with Gasteiger partial charge in [0.25, 0.3) is 0 Å². The van der Waals surface area contributed by atoms with Gasteiger partial charge < -0.3 is 9.47 Å². The first-order valence-corrected chi connectivity index (χ1v) is 6.99. The van der Waals surface area contributed by atoms with Gasteiger partial charge in [-0.15, -0.1) is 0 Å². The molecule has 0 aromatic heterocycles. The van der Waals surface area contributed by atoms with Crippen molar-refractivity contribution in [3.8, 4) is 0 Å². The Kier molecular flexibility index (Phi) is 6.65. The number of nitrogens with zero attached hydrogens (tertiary/aromatic N) is 1. The third-order valence-electron chi connectivity index (χ3n) is 3.67. The maximum Gasteiger partial charge on any atom is 0.320 e. The molecule has 0 radical (unpaired) electrons. The minimum absolute atomic E-state index is 0.105. The van der Waals surface area contributed by atoms with Crippen LogP contribution in [-0.4, -0.2) is 50.3 Å². The van der Waals surface area contributed by atoms with Crippen LogP contribution in [0.5, 0.6) is 0 Å². The Bertz CT molecular complexity index is 247. The Labute approximate surface area is 111 Å². The SMILES string of the molecule is CCC(C)(C)CCCOC(=O)CN1CCOCC1. The number of hydrogen-bond acceptors (Lipinski definition) is 4. The highest BCUT2D eigenvalue weighted by molar-refractivity contribution is 5.71. The fourth-order valence-corrected chi connectivity index (χ4v) is 1.90. The maximum absolute atomic E-state index is 11.6. The highest BCUT2D eigenvalue weighted by Crippen LogP contribution is 2.25. The summed E-state index contributed by atoms with van der Waals surface area (Å²) < 4.78 is 10.5. The predicted octanol–water partition coefficient (Wildman–Crippen LogP) is 2.08. The summed E-state index contributed by atoms with van der Waals surface area (Å²) in [5.74, 6) is -0.105. The number of morpholine rings is 1. The van der Waals surface area contributed by atoms with Crippen LogP contribution in [0, 0.1) is 5.41 Å². The zero-order chi connectivity index (χ0) is 13.4. The first-order chi connectivity index (χ1) is 8.53. The van der Waals surface area contributed by atoms with Gasteiger partial charge in [-0.3, -0.25) is 9.69 Å². The van der Waals surface area contributed by atoms with Crippen LogP contribution in [0.2, 0.25) is 0 Å². The van der Waals surface area contributed by atoms with E-state index in [2.05, 4.69) is 25.7 Å².